The molecule has 2 N–H and O–H groups in total. The van der Waals surface area contributed by atoms with Crippen molar-refractivity contribution in [3.8, 4) is 5.75 Å². The predicted molar refractivity (Wildman–Crippen MR) is 113 cm³/mol. The molecule has 1 atom stereocenters. The molecule has 2 aromatic carbocycles. The number of hydrogen-bond acceptors (Lipinski definition) is 5. The van der Waals surface area contributed by atoms with E-state index in [9.17, 15) is 23.6 Å². The minimum atomic E-state index is -1.42. The molecule has 0 bridgehead atoms. The fourth-order valence-corrected chi connectivity index (χ4v) is 3.28. The van der Waals surface area contributed by atoms with E-state index in [1.54, 1.807) is 24.3 Å². The number of benzene rings is 2. The molecular formula is C22H23FN4O5. The number of amides is 5. The number of ether oxygens (including phenoxy) is 1. The Morgan fingerprint density at radius 1 is 1.19 bits per heavy atom. The predicted octanol–water partition coefficient (Wildman–Crippen LogP) is 1.70. The number of imide groups is 1. The summed E-state index contributed by atoms with van der Waals surface area (Å²) in [5.41, 5.74) is -0.537. The number of urea groups is 1. The number of halogens is 1. The third-order valence-electron chi connectivity index (χ3n) is 5.15. The Kier molecular flexibility index (Phi) is 6.42. The summed E-state index contributed by atoms with van der Waals surface area (Å²) >= 11 is 0. The number of carbonyl (C=O) groups is 4. The summed E-state index contributed by atoms with van der Waals surface area (Å²) < 4.78 is 18.3. The van der Waals surface area contributed by atoms with Crippen molar-refractivity contribution in [3.63, 3.8) is 0 Å². The van der Waals surface area contributed by atoms with Crippen LogP contribution in [0.3, 0.4) is 0 Å². The number of carbonyl (C=O) groups excluding carboxylic acids is 4. The van der Waals surface area contributed by atoms with E-state index < -0.39 is 41.7 Å². The molecule has 9 nitrogen and oxygen atoms in total. The first kappa shape index (κ1) is 22.7. The molecule has 0 aliphatic carbocycles. The zero-order valence-electron chi connectivity index (χ0n) is 17.8. The highest BCUT2D eigenvalue weighted by atomic mass is 19.1. The van der Waals surface area contributed by atoms with Gasteiger partial charge in [-0.3, -0.25) is 19.3 Å². The van der Waals surface area contributed by atoms with Gasteiger partial charge in [-0.1, -0.05) is 18.2 Å². The maximum Gasteiger partial charge on any atom is 0.325 e. The second kappa shape index (κ2) is 9.04. The van der Waals surface area contributed by atoms with Crippen LogP contribution >= 0.6 is 0 Å². The van der Waals surface area contributed by atoms with Gasteiger partial charge in [0.2, 0.25) is 11.8 Å². The van der Waals surface area contributed by atoms with Gasteiger partial charge in [-0.15, -0.1) is 0 Å². The Morgan fingerprint density at radius 2 is 1.88 bits per heavy atom. The molecule has 0 saturated carbocycles. The summed E-state index contributed by atoms with van der Waals surface area (Å²) in [7, 11) is 2.90. The van der Waals surface area contributed by atoms with Gasteiger partial charge in [0.25, 0.3) is 5.91 Å². The molecule has 3 rings (SSSR count). The smallest absolute Gasteiger partial charge is 0.325 e. The summed E-state index contributed by atoms with van der Waals surface area (Å²) in [6.07, 6.45) is 0. The van der Waals surface area contributed by atoms with Gasteiger partial charge in [0.15, 0.2) is 0 Å². The highest BCUT2D eigenvalue weighted by Gasteiger charge is 2.49. The van der Waals surface area contributed by atoms with Gasteiger partial charge in [0.05, 0.1) is 13.7 Å². The van der Waals surface area contributed by atoms with Gasteiger partial charge in [0, 0.05) is 18.8 Å². The summed E-state index contributed by atoms with van der Waals surface area (Å²) in [6, 6.07) is 11.1. The lowest BCUT2D eigenvalue weighted by Gasteiger charge is -2.23. The molecule has 1 heterocycles. The van der Waals surface area contributed by atoms with Crippen molar-refractivity contribution >= 4 is 29.4 Å². The van der Waals surface area contributed by atoms with Crippen LogP contribution in [0.4, 0.5) is 14.9 Å². The molecule has 1 aliphatic heterocycles. The van der Waals surface area contributed by atoms with Crippen LogP contribution in [0.1, 0.15) is 12.5 Å². The lowest BCUT2D eigenvalue weighted by Crippen LogP contribution is -2.45. The second-order valence-electron chi connectivity index (χ2n) is 7.48. The SMILES string of the molecule is COc1cccc(NC(=O)CN(C)C(=O)CN2C(=O)NC(C)(c3ccc(F)cc3)C2=O)c1. The van der Waals surface area contributed by atoms with Crippen LogP contribution in [-0.2, 0) is 19.9 Å². The third-order valence-corrected chi connectivity index (χ3v) is 5.15. The van der Waals surface area contributed by atoms with Crippen molar-refractivity contribution in [3.05, 3.63) is 59.9 Å². The molecule has 2 aromatic rings. The molecule has 0 radical (unpaired) electrons. The van der Waals surface area contributed by atoms with Crippen LogP contribution in [0, 0.1) is 5.82 Å². The Balaban J connectivity index is 1.61. The van der Waals surface area contributed by atoms with Crippen molar-refractivity contribution in [2.24, 2.45) is 0 Å². The summed E-state index contributed by atoms with van der Waals surface area (Å²) in [5, 5.41) is 5.20. The molecule has 10 heteroatoms. The fourth-order valence-electron chi connectivity index (χ4n) is 3.28. The number of methoxy groups -OCH3 is 1. The molecule has 0 spiro atoms. The molecule has 0 aromatic heterocycles. The van der Waals surface area contributed by atoms with Crippen molar-refractivity contribution < 1.29 is 28.3 Å². The molecule has 168 valence electrons. The normalized spacial score (nSPS) is 17.7. The van der Waals surface area contributed by atoms with Crippen molar-refractivity contribution in [1.82, 2.24) is 15.1 Å². The average molecular weight is 442 g/mol. The Labute approximate surface area is 184 Å². The van der Waals surface area contributed by atoms with Gasteiger partial charge in [0.1, 0.15) is 23.7 Å². The van der Waals surface area contributed by atoms with Gasteiger partial charge in [-0.05, 0) is 36.8 Å². The summed E-state index contributed by atoms with van der Waals surface area (Å²) in [5.74, 6) is -1.61. The van der Waals surface area contributed by atoms with Gasteiger partial charge < -0.3 is 20.3 Å². The lowest BCUT2D eigenvalue weighted by atomic mass is 9.92. The number of hydrogen-bond donors (Lipinski definition) is 2. The molecule has 1 aliphatic rings. The molecule has 1 saturated heterocycles. The lowest BCUT2D eigenvalue weighted by molar-refractivity contribution is -0.139. The minimum absolute atomic E-state index is 0.283. The number of anilines is 1. The number of nitrogens with one attached hydrogen (secondary N) is 2. The third kappa shape index (κ3) is 4.69. The largest absolute Gasteiger partial charge is 0.497 e. The molecular weight excluding hydrogens is 419 g/mol. The van der Waals surface area contributed by atoms with E-state index in [2.05, 4.69) is 10.6 Å². The minimum Gasteiger partial charge on any atom is -0.497 e. The van der Waals surface area contributed by atoms with Crippen LogP contribution in [0.5, 0.6) is 5.75 Å². The zero-order valence-corrected chi connectivity index (χ0v) is 17.8. The molecule has 32 heavy (non-hydrogen) atoms. The monoisotopic (exact) mass is 442 g/mol. The highest BCUT2D eigenvalue weighted by molar-refractivity contribution is 6.09. The van der Waals surface area contributed by atoms with Crippen LogP contribution in [0.25, 0.3) is 0 Å². The quantitative estimate of drug-likeness (QED) is 0.635. The molecule has 1 unspecified atom stereocenters. The van der Waals surface area contributed by atoms with E-state index in [-0.39, 0.29) is 6.54 Å². The first-order valence-electron chi connectivity index (χ1n) is 9.72. The first-order chi connectivity index (χ1) is 15.1. The van der Waals surface area contributed by atoms with Crippen molar-refractivity contribution in [1.29, 1.82) is 0 Å². The number of rotatable bonds is 7. The first-order valence-corrected chi connectivity index (χ1v) is 9.72. The van der Waals surface area contributed by atoms with E-state index in [1.807, 2.05) is 0 Å². The summed E-state index contributed by atoms with van der Waals surface area (Å²) in [4.78, 5) is 52.0. The Hall–Kier alpha value is -3.95. The van der Waals surface area contributed by atoms with Crippen LogP contribution < -0.4 is 15.4 Å². The second-order valence-corrected chi connectivity index (χ2v) is 7.48. The van der Waals surface area contributed by atoms with Gasteiger partial charge >= 0.3 is 6.03 Å². The van der Waals surface area contributed by atoms with Crippen LogP contribution in [-0.4, -0.2) is 60.8 Å². The summed E-state index contributed by atoms with van der Waals surface area (Å²) in [6.45, 7) is 0.662. The van der Waals surface area contributed by atoms with E-state index in [0.29, 0.717) is 17.0 Å². The van der Waals surface area contributed by atoms with E-state index in [4.69, 9.17) is 4.74 Å². The standard InChI is InChI=1S/C22H23FN4O5/c1-22(14-7-9-15(23)10-8-14)20(30)27(21(31)25-22)13-19(29)26(2)12-18(28)24-16-5-4-6-17(11-16)32-3/h4-11H,12-13H2,1-3H3,(H,24,28)(H,25,31). The topological polar surface area (TPSA) is 108 Å². The van der Waals surface area contributed by atoms with Crippen LogP contribution in [0.15, 0.2) is 48.5 Å². The van der Waals surface area contributed by atoms with Crippen molar-refractivity contribution in [2.45, 2.75) is 12.5 Å². The molecule has 1 fully saturated rings. The zero-order chi connectivity index (χ0) is 23.5. The van der Waals surface area contributed by atoms with Crippen LogP contribution in [0.2, 0.25) is 0 Å². The van der Waals surface area contributed by atoms with Gasteiger partial charge in [-0.25, -0.2) is 9.18 Å². The van der Waals surface area contributed by atoms with Gasteiger partial charge in [-0.2, -0.15) is 0 Å². The number of likely N-dealkylation sites (N-methyl/N-ethyl adjacent to an activating group) is 1. The van der Waals surface area contributed by atoms with E-state index in [1.165, 1.54) is 45.3 Å². The average Bonchev–Trinajstić information content (AvgIpc) is 2.97. The highest BCUT2D eigenvalue weighted by Crippen LogP contribution is 2.28. The Morgan fingerprint density at radius 3 is 2.53 bits per heavy atom. The van der Waals surface area contributed by atoms with E-state index in [0.717, 1.165) is 9.80 Å². The number of nitrogens with zero attached hydrogens (tertiary/aromatic N) is 2. The van der Waals surface area contributed by atoms with Crippen molar-refractivity contribution in [2.75, 3.05) is 32.6 Å². The molecule has 5 amide bonds. The fraction of sp³-hybridized carbons (Fsp3) is 0.273. The maximum atomic E-state index is 13.2. The maximum absolute atomic E-state index is 13.2. The van der Waals surface area contributed by atoms with E-state index >= 15 is 0 Å². The Bertz CT molecular complexity index is 1060.